The first-order valence-corrected chi connectivity index (χ1v) is 6.33. The third-order valence-electron chi connectivity index (χ3n) is 3.13. The van der Waals surface area contributed by atoms with Crippen molar-refractivity contribution in [3.8, 4) is 0 Å². The Kier molecular flexibility index (Phi) is 6.22. The van der Waals surface area contributed by atoms with Crippen molar-refractivity contribution in [3.05, 3.63) is 0 Å². The Morgan fingerprint density at radius 3 is 2.87 bits per heavy atom. The van der Waals surface area contributed by atoms with Gasteiger partial charge in [-0.25, -0.2) is 0 Å². The molecule has 0 spiro atoms. The van der Waals surface area contributed by atoms with Crippen molar-refractivity contribution in [2.45, 2.75) is 32.2 Å². The van der Waals surface area contributed by atoms with Crippen LogP contribution in [-0.4, -0.2) is 62.7 Å². The molecule has 0 aromatic rings. The molecule has 0 bridgehead atoms. The van der Waals surface area contributed by atoms with Crippen molar-refractivity contribution in [3.63, 3.8) is 0 Å². The van der Waals surface area contributed by atoms with Gasteiger partial charge in [0.2, 0.25) is 0 Å². The molecule has 90 valence electrons. The van der Waals surface area contributed by atoms with Gasteiger partial charge in [0, 0.05) is 32.2 Å². The molecule has 0 aromatic carbocycles. The van der Waals surface area contributed by atoms with Crippen LogP contribution in [0.25, 0.3) is 0 Å². The van der Waals surface area contributed by atoms with Gasteiger partial charge in [-0.3, -0.25) is 0 Å². The van der Waals surface area contributed by atoms with Crippen LogP contribution < -0.4 is 5.32 Å². The van der Waals surface area contributed by atoms with Gasteiger partial charge in [0.05, 0.1) is 0 Å². The van der Waals surface area contributed by atoms with Crippen molar-refractivity contribution in [2.75, 3.05) is 46.8 Å². The zero-order chi connectivity index (χ0) is 11.1. The van der Waals surface area contributed by atoms with Crippen LogP contribution in [0.15, 0.2) is 0 Å². The highest BCUT2D eigenvalue weighted by molar-refractivity contribution is 4.78. The molecule has 1 heterocycles. The summed E-state index contributed by atoms with van der Waals surface area (Å²) < 4.78 is 0. The van der Waals surface area contributed by atoms with Gasteiger partial charge in [-0.15, -0.1) is 0 Å². The molecule has 0 aromatic heterocycles. The van der Waals surface area contributed by atoms with E-state index in [1.54, 1.807) is 0 Å². The first-order valence-electron chi connectivity index (χ1n) is 6.33. The SMILES string of the molecule is CCCCCN(C)CC1CN(C)CCN1. The predicted octanol–water partition coefficient (Wildman–Crippen LogP) is 1.01. The molecule has 0 aliphatic carbocycles. The zero-order valence-electron chi connectivity index (χ0n) is 10.6. The quantitative estimate of drug-likeness (QED) is 0.664. The fourth-order valence-electron chi connectivity index (χ4n) is 2.21. The smallest absolute Gasteiger partial charge is 0.0322 e. The Morgan fingerprint density at radius 2 is 2.20 bits per heavy atom. The standard InChI is InChI=1S/C12H27N3/c1-4-5-6-8-14(2)10-12-11-15(3)9-7-13-12/h12-13H,4-11H2,1-3H3. The average molecular weight is 213 g/mol. The minimum absolute atomic E-state index is 0.662. The Labute approximate surface area is 94.8 Å². The van der Waals surface area contributed by atoms with E-state index in [1.165, 1.54) is 45.4 Å². The van der Waals surface area contributed by atoms with Crippen LogP contribution in [0.3, 0.4) is 0 Å². The summed E-state index contributed by atoms with van der Waals surface area (Å²) in [6.07, 6.45) is 4.02. The van der Waals surface area contributed by atoms with Crippen molar-refractivity contribution in [1.82, 2.24) is 15.1 Å². The molecule has 1 aliphatic rings. The van der Waals surface area contributed by atoms with Crippen LogP contribution in [-0.2, 0) is 0 Å². The van der Waals surface area contributed by atoms with E-state index in [1.807, 2.05) is 0 Å². The summed E-state index contributed by atoms with van der Waals surface area (Å²) in [4.78, 5) is 4.88. The van der Waals surface area contributed by atoms with Crippen LogP contribution in [0.2, 0.25) is 0 Å². The van der Waals surface area contributed by atoms with Gasteiger partial charge < -0.3 is 15.1 Å². The highest BCUT2D eigenvalue weighted by Crippen LogP contribution is 2.01. The summed E-state index contributed by atoms with van der Waals surface area (Å²) in [5.74, 6) is 0. The minimum Gasteiger partial charge on any atom is -0.310 e. The molecule has 1 aliphatic heterocycles. The topological polar surface area (TPSA) is 18.5 Å². The van der Waals surface area contributed by atoms with Gasteiger partial charge in [0.1, 0.15) is 0 Å². The molecule has 1 fully saturated rings. The Balaban J connectivity index is 2.10. The predicted molar refractivity (Wildman–Crippen MR) is 66.3 cm³/mol. The molecule has 0 amide bonds. The number of hydrogen-bond donors (Lipinski definition) is 1. The lowest BCUT2D eigenvalue weighted by atomic mass is 10.2. The maximum Gasteiger partial charge on any atom is 0.0322 e. The van der Waals surface area contributed by atoms with Crippen LogP contribution in [0.4, 0.5) is 0 Å². The molecule has 3 nitrogen and oxygen atoms in total. The molecule has 1 unspecified atom stereocenters. The maximum atomic E-state index is 3.59. The van der Waals surface area contributed by atoms with Crippen molar-refractivity contribution in [2.24, 2.45) is 0 Å². The third-order valence-corrected chi connectivity index (χ3v) is 3.13. The van der Waals surface area contributed by atoms with E-state index < -0.39 is 0 Å². The van der Waals surface area contributed by atoms with Crippen molar-refractivity contribution >= 4 is 0 Å². The van der Waals surface area contributed by atoms with Gasteiger partial charge in [0.15, 0.2) is 0 Å². The first kappa shape index (κ1) is 12.9. The van der Waals surface area contributed by atoms with E-state index in [0.717, 1.165) is 6.54 Å². The van der Waals surface area contributed by atoms with Gasteiger partial charge in [0.25, 0.3) is 0 Å². The van der Waals surface area contributed by atoms with Crippen molar-refractivity contribution in [1.29, 1.82) is 0 Å². The van der Waals surface area contributed by atoms with Crippen LogP contribution >= 0.6 is 0 Å². The highest BCUT2D eigenvalue weighted by atomic mass is 15.2. The number of nitrogens with one attached hydrogen (secondary N) is 1. The number of piperazine rings is 1. The Bertz CT molecular complexity index is 161. The number of unbranched alkanes of at least 4 members (excludes halogenated alkanes) is 2. The van der Waals surface area contributed by atoms with Crippen LogP contribution in [0.1, 0.15) is 26.2 Å². The Morgan fingerprint density at radius 1 is 1.40 bits per heavy atom. The van der Waals surface area contributed by atoms with E-state index in [-0.39, 0.29) is 0 Å². The molecule has 1 rings (SSSR count). The summed E-state index contributed by atoms with van der Waals surface area (Å²) in [5, 5.41) is 3.59. The number of rotatable bonds is 6. The van der Waals surface area contributed by atoms with Gasteiger partial charge in [-0.1, -0.05) is 19.8 Å². The highest BCUT2D eigenvalue weighted by Gasteiger charge is 2.17. The van der Waals surface area contributed by atoms with Crippen LogP contribution in [0.5, 0.6) is 0 Å². The monoisotopic (exact) mass is 213 g/mol. The second kappa shape index (κ2) is 7.20. The molecule has 0 radical (unpaired) electrons. The molecular formula is C12H27N3. The lowest BCUT2D eigenvalue weighted by Gasteiger charge is -2.33. The number of likely N-dealkylation sites (N-methyl/N-ethyl adjacent to an activating group) is 2. The Hall–Kier alpha value is -0.120. The fourth-order valence-corrected chi connectivity index (χ4v) is 2.21. The second-order valence-corrected chi connectivity index (χ2v) is 4.88. The molecule has 1 saturated heterocycles. The van der Waals surface area contributed by atoms with Gasteiger partial charge in [-0.05, 0) is 27.1 Å². The van der Waals surface area contributed by atoms with Gasteiger partial charge in [-0.2, -0.15) is 0 Å². The molecule has 1 atom stereocenters. The summed E-state index contributed by atoms with van der Waals surface area (Å²) in [5.41, 5.74) is 0. The second-order valence-electron chi connectivity index (χ2n) is 4.88. The summed E-state index contributed by atoms with van der Waals surface area (Å²) >= 11 is 0. The van der Waals surface area contributed by atoms with E-state index in [4.69, 9.17) is 0 Å². The fraction of sp³-hybridized carbons (Fsp3) is 1.00. The molecular weight excluding hydrogens is 186 g/mol. The summed E-state index contributed by atoms with van der Waals surface area (Å²) in [6, 6.07) is 0.662. The van der Waals surface area contributed by atoms with E-state index in [9.17, 15) is 0 Å². The van der Waals surface area contributed by atoms with Crippen molar-refractivity contribution < 1.29 is 0 Å². The average Bonchev–Trinajstić information content (AvgIpc) is 2.18. The first-order chi connectivity index (χ1) is 7.22. The molecule has 15 heavy (non-hydrogen) atoms. The lowest BCUT2D eigenvalue weighted by molar-refractivity contribution is 0.194. The number of nitrogens with zero attached hydrogens (tertiary/aromatic N) is 2. The molecule has 1 N–H and O–H groups in total. The van der Waals surface area contributed by atoms with E-state index >= 15 is 0 Å². The zero-order valence-corrected chi connectivity index (χ0v) is 10.6. The summed E-state index contributed by atoms with van der Waals surface area (Å²) in [7, 11) is 4.46. The summed E-state index contributed by atoms with van der Waals surface area (Å²) in [6.45, 7) is 8.22. The number of hydrogen-bond acceptors (Lipinski definition) is 3. The maximum absolute atomic E-state index is 3.59. The van der Waals surface area contributed by atoms with Gasteiger partial charge >= 0.3 is 0 Å². The minimum atomic E-state index is 0.662. The van der Waals surface area contributed by atoms with E-state index in [2.05, 4.69) is 36.1 Å². The van der Waals surface area contributed by atoms with Crippen LogP contribution in [0, 0.1) is 0 Å². The normalized spacial score (nSPS) is 23.6. The third kappa shape index (κ3) is 5.50. The molecule has 0 saturated carbocycles. The molecule has 3 heteroatoms. The van der Waals surface area contributed by atoms with E-state index in [0.29, 0.717) is 6.04 Å². The lowest BCUT2D eigenvalue weighted by Crippen LogP contribution is -2.53. The largest absolute Gasteiger partial charge is 0.310 e.